The zero-order chi connectivity index (χ0) is 9.61. The summed E-state index contributed by atoms with van der Waals surface area (Å²) in [6.07, 6.45) is 0.969. The Hall–Kier alpha value is -0.130. The molecule has 0 radical (unpaired) electrons. The fourth-order valence-corrected chi connectivity index (χ4v) is 2.44. The monoisotopic (exact) mass is 195 g/mol. The van der Waals surface area contributed by atoms with Gasteiger partial charge in [-0.15, -0.1) is 0 Å². The molecule has 0 aromatic carbocycles. The molecule has 3 N–H and O–H groups in total. The van der Waals surface area contributed by atoms with E-state index in [-0.39, 0.29) is 24.2 Å². The summed E-state index contributed by atoms with van der Waals surface area (Å²) in [5.41, 5.74) is 5.49. The molecule has 0 saturated heterocycles. The Labute approximate surface area is 73.7 Å². The molecule has 0 aliphatic carbocycles. The second-order valence-electron chi connectivity index (χ2n) is 2.86. The van der Waals surface area contributed by atoms with Gasteiger partial charge in [0.25, 0.3) is 0 Å². The predicted molar refractivity (Wildman–Crippen MR) is 48.6 cm³/mol. The van der Waals surface area contributed by atoms with E-state index in [1.807, 2.05) is 6.92 Å². The lowest BCUT2D eigenvalue weighted by Gasteiger charge is -2.08. The summed E-state index contributed by atoms with van der Waals surface area (Å²) in [7, 11) is -3.04. The molecule has 0 rings (SSSR count). The van der Waals surface area contributed by atoms with Crippen molar-refractivity contribution in [1.29, 1.82) is 0 Å². The second kappa shape index (κ2) is 5.50. The van der Waals surface area contributed by atoms with Crippen LogP contribution in [0.3, 0.4) is 0 Å². The number of aliphatic hydroxyl groups is 1. The molecule has 5 heteroatoms. The summed E-state index contributed by atoms with van der Waals surface area (Å²) < 4.78 is 22.3. The zero-order valence-corrected chi connectivity index (χ0v) is 8.18. The van der Waals surface area contributed by atoms with Crippen molar-refractivity contribution in [3.05, 3.63) is 0 Å². The molecular formula is C7H17NO3S. The summed E-state index contributed by atoms with van der Waals surface area (Å²) in [6, 6.07) is -0.270. The highest BCUT2D eigenvalue weighted by molar-refractivity contribution is 7.91. The minimum absolute atomic E-state index is 0.0312. The first-order valence-electron chi connectivity index (χ1n) is 4.08. The number of nitrogens with two attached hydrogens (primary N) is 1. The average Bonchev–Trinajstić information content (AvgIpc) is 2.00. The van der Waals surface area contributed by atoms with Crippen molar-refractivity contribution >= 4 is 9.84 Å². The van der Waals surface area contributed by atoms with Crippen molar-refractivity contribution in [2.75, 3.05) is 18.1 Å². The van der Waals surface area contributed by atoms with Gasteiger partial charge >= 0.3 is 0 Å². The number of sulfone groups is 1. The summed E-state index contributed by atoms with van der Waals surface area (Å²) in [4.78, 5) is 0. The van der Waals surface area contributed by atoms with E-state index >= 15 is 0 Å². The summed E-state index contributed by atoms with van der Waals surface area (Å²) >= 11 is 0. The van der Waals surface area contributed by atoms with Crippen molar-refractivity contribution in [1.82, 2.24) is 0 Å². The van der Waals surface area contributed by atoms with Crippen molar-refractivity contribution in [3.8, 4) is 0 Å². The Bertz CT molecular complexity index is 201. The van der Waals surface area contributed by atoms with Gasteiger partial charge in [-0.3, -0.25) is 0 Å². The molecule has 0 aliphatic rings. The SMILES string of the molecule is CCC(N)CS(=O)(=O)CCCO. The molecule has 74 valence electrons. The molecule has 0 spiro atoms. The molecule has 1 unspecified atom stereocenters. The topological polar surface area (TPSA) is 80.4 Å². The summed E-state index contributed by atoms with van der Waals surface area (Å²) in [5, 5.41) is 8.43. The Kier molecular flexibility index (Phi) is 5.44. The lowest BCUT2D eigenvalue weighted by atomic mass is 10.3. The van der Waals surface area contributed by atoms with Crippen molar-refractivity contribution < 1.29 is 13.5 Å². The van der Waals surface area contributed by atoms with Crippen LogP contribution in [0.25, 0.3) is 0 Å². The smallest absolute Gasteiger partial charge is 0.151 e. The van der Waals surface area contributed by atoms with Crippen molar-refractivity contribution in [3.63, 3.8) is 0 Å². The predicted octanol–water partition coefficient (Wildman–Crippen LogP) is -0.479. The van der Waals surface area contributed by atoms with Gasteiger partial charge in [0.1, 0.15) is 0 Å². The highest BCUT2D eigenvalue weighted by Crippen LogP contribution is 1.98. The van der Waals surface area contributed by atoms with Gasteiger partial charge in [-0.1, -0.05) is 6.92 Å². The fraction of sp³-hybridized carbons (Fsp3) is 1.00. The highest BCUT2D eigenvalue weighted by Gasteiger charge is 2.13. The van der Waals surface area contributed by atoms with Crippen LogP contribution in [0.5, 0.6) is 0 Å². The second-order valence-corrected chi connectivity index (χ2v) is 5.09. The van der Waals surface area contributed by atoms with Gasteiger partial charge in [-0.05, 0) is 12.8 Å². The minimum atomic E-state index is -3.04. The lowest BCUT2D eigenvalue weighted by molar-refractivity contribution is 0.295. The number of hydrogen-bond donors (Lipinski definition) is 2. The molecule has 0 aliphatic heterocycles. The van der Waals surface area contributed by atoms with E-state index in [1.165, 1.54) is 0 Å². The fourth-order valence-electron chi connectivity index (χ4n) is 0.812. The molecule has 0 aromatic heterocycles. The molecule has 0 saturated carbocycles. The van der Waals surface area contributed by atoms with Crippen LogP contribution < -0.4 is 5.73 Å². The maximum absolute atomic E-state index is 11.2. The van der Waals surface area contributed by atoms with E-state index in [4.69, 9.17) is 10.8 Å². The van der Waals surface area contributed by atoms with Gasteiger partial charge < -0.3 is 10.8 Å². The van der Waals surface area contributed by atoms with Gasteiger partial charge in [-0.25, -0.2) is 8.42 Å². The molecule has 12 heavy (non-hydrogen) atoms. The summed E-state index contributed by atoms with van der Waals surface area (Å²) in [5.74, 6) is 0.0701. The van der Waals surface area contributed by atoms with Crippen LogP contribution in [-0.2, 0) is 9.84 Å². The van der Waals surface area contributed by atoms with Crippen LogP contribution in [0.1, 0.15) is 19.8 Å². The normalized spacial score (nSPS) is 14.6. The number of aliphatic hydroxyl groups excluding tert-OH is 1. The molecule has 0 aromatic rings. The minimum Gasteiger partial charge on any atom is -0.396 e. The van der Waals surface area contributed by atoms with E-state index < -0.39 is 9.84 Å². The zero-order valence-electron chi connectivity index (χ0n) is 7.36. The third kappa shape index (κ3) is 5.51. The van der Waals surface area contributed by atoms with E-state index in [0.717, 1.165) is 0 Å². The standard InChI is InChI=1S/C7H17NO3S/c1-2-7(8)6-12(10,11)5-3-4-9/h7,9H,2-6,8H2,1H3. The largest absolute Gasteiger partial charge is 0.396 e. The average molecular weight is 195 g/mol. The highest BCUT2D eigenvalue weighted by atomic mass is 32.2. The van der Waals surface area contributed by atoms with E-state index in [0.29, 0.717) is 12.8 Å². The molecule has 0 amide bonds. The third-order valence-electron chi connectivity index (χ3n) is 1.61. The van der Waals surface area contributed by atoms with Crippen LogP contribution in [0.2, 0.25) is 0 Å². The Morgan fingerprint density at radius 1 is 1.50 bits per heavy atom. The van der Waals surface area contributed by atoms with Gasteiger partial charge in [0.05, 0.1) is 11.5 Å². The third-order valence-corrected chi connectivity index (χ3v) is 3.45. The Morgan fingerprint density at radius 3 is 2.50 bits per heavy atom. The summed E-state index contributed by atoms with van der Waals surface area (Å²) in [6.45, 7) is 1.77. The molecular weight excluding hydrogens is 178 g/mol. The van der Waals surface area contributed by atoms with Gasteiger partial charge in [0.15, 0.2) is 9.84 Å². The Balaban J connectivity index is 3.88. The van der Waals surface area contributed by atoms with Crippen LogP contribution >= 0.6 is 0 Å². The van der Waals surface area contributed by atoms with Crippen LogP contribution in [0.15, 0.2) is 0 Å². The van der Waals surface area contributed by atoms with Gasteiger partial charge in [-0.2, -0.15) is 0 Å². The first kappa shape index (κ1) is 11.9. The quantitative estimate of drug-likeness (QED) is 0.600. The number of hydrogen-bond acceptors (Lipinski definition) is 4. The van der Waals surface area contributed by atoms with Crippen LogP contribution in [0.4, 0.5) is 0 Å². The lowest BCUT2D eigenvalue weighted by Crippen LogP contribution is -2.30. The maximum Gasteiger partial charge on any atom is 0.151 e. The number of rotatable bonds is 6. The van der Waals surface area contributed by atoms with E-state index in [2.05, 4.69) is 0 Å². The van der Waals surface area contributed by atoms with E-state index in [1.54, 1.807) is 0 Å². The van der Waals surface area contributed by atoms with Crippen LogP contribution in [0, 0.1) is 0 Å². The van der Waals surface area contributed by atoms with E-state index in [9.17, 15) is 8.42 Å². The first-order valence-corrected chi connectivity index (χ1v) is 5.91. The molecule has 4 nitrogen and oxygen atoms in total. The van der Waals surface area contributed by atoms with Crippen molar-refractivity contribution in [2.45, 2.75) is 25.8 Å². The molecule has 0 bridgehead atoms. The molecule has 0 fully saturated rings. The maximum atomic E-state index is 11.2. The van der Waals surface area contributed by atoms with Crippen LogP contribution in [-0.4, -0.2) is 37.7 Å². The Morgan fingerprint density at radius 2 is 2.08 bits per heavy atom. The first-order chi connectivity index (χ1) is 5.52. The van der Waals surface area contributed by atoms with Gasteiger partial charge in [0, 0.05) is 12.6 Å². The van der Waals surface area contributed by atoms with Crippen molar-refractivity contribution in [2.24, 2.45) is 5.73 Å². The van der Waals surface area contributed by atoms with Gasteiger partial charge in [0.2, 0.25) is 0 Å². The molecule has 0 heterocycles. The molecule has 1 atom stereocenters.